The molecular formula is C19H21NO7. The third-order valence-electron chi connectivity index (χ3n) is 4.54. The number of methoxy groups -OCH3 is 4. The number of benzene rings is 2. The second-order valence-corrected chi connectivity index (χ2v) is 5.91. The van der Waals surface area contributed by atoms with Crippen molar-refractivity contribution in [1.82, 2.24) is 0 Å². The number of aliphatic hydroxyl groups is 1. The molecule has 0 radical (unpaired) electrons. The van der Waals surface area contributed by atoms with E-state index in [0.717, 1.165) is 0 Å². The predicted octanol–water partition coefficient (Wildman–Crippen LogP) is 1.88. The Kier molecular flexibility index (Phi) is 5.00. The van der Waals surface area contributed by atoms with Crippen LogP contribution in [0.5, 0.6) is 28.7 Å². The molecule has 1 amide bonds. The molecule has 144 valence electrons. The molecular weight excluding hydrogens is 354 g/mol. The number of aliphatic hydroxyl groups excluding tert-OH is 1. The number of nitrogens with zero attached hydrogens (tertiary/aromatic N) is 1. The Balaban J connectivity index is 2.05. The lowest BCUT2D eigenvalue weighted by molar-refractivity contribution is -0.137. The number of aromatic hydroxyl groups is 1. The number of phenols is 1. The molecule has 1 aliphatic heterocycles. The van der Waals surface area contributed by atoms with E-state index in [1.165, 1.54) is 39.4 Å². The van der Waals surface area contributed by atoms with Crippen LogP contribution in [0.15, 0.2) is 30.3 Å². The van der Waals surface area contributed by atoms with Crippen molar-refractivity contribution in [2.24, 2.45) is 0 Å². The number of rotatable bonds is 6. The quantitative estimate of drug-likeness (QED) is 0.744. The Bertz CT molecular complexity index is 842. The summed E-state index contributed by atoms with van der Waals surface area (Å²) in [6, 6.07) is 7.28. The van der Waals surface area contributed by atoms with E-state index in [9.17, 15) is 15.0 Å². The average Bonchev–Trinajstić information content (AvgIpc) is 2.69. The van der Waals surface area contributed by atoms with Gasteiger partial charge in [-0.1, -0.05) is 0 Å². The summed E-state index contributed by atoms with van der Waals surface area (Å²) in [6.45, 7) is 0. The number of β-lactam (4-membered cyclic amide) rings is 1. The number of carbonyl (C=O) groups is 1. The summed E-state index contributed by atoms with van der Waals surface area (Å²) in [5.74, 6) is 0.951. The lowest BCUT2D eigenvalue weighted by atomic mass is 9.89. The summed E-state index contributed by atoms with van der Waals surface area (Å²) in [6.07, 6.45) is -1.22. The van der Waals surface area contributed by atoms with Gasteiger partial charge in [0.1, 0.15) is 0 Å². The highest BCUT2D eigenvalue weighted by Gasteiger charge is 2.48. The number of amides is 1. The van der Waals surface area contributed by atoms with Crippen molar-refractivity contribution >= 4 is 11.6 Å². The summed E-state index contributed by atoms with van der Waals surface area (Å²) in [5.41, 5.74) is 1.04. The summed E-state index contributed by atoms with van der Waals surface area (Å²) < 4.78 is 21.0. The minimum atomic E-state index is -1.22. The minimum absolute atomic E-state index is 0.104. The molecule has 1 heterocycles. The molecule has 0 saturated carbocycles. The summed E-state index contributed by atoms with van der Waals surface area (Å²) in [5, 5.41) is 20.3. The molecule has 8 nitrogen and oxygen atoms in total. The first-order valence-corrected chi connectivity index (χ1v) is 8.14. The van der Waals surface area contributed by atoms with Gasteiger partial charge in [-0.05, 0) is 29.8 Å². The fraction of sp³-hybridized carbons (Fsp3) is 0.316. The van der Waals surface area contributed by atoms with Gasteiger partial charge < -0.3 is 29.2 Å². The van der Waals surface area contributed by atoms with E-state index in [0.29, 0.717) is 28.5 Å². The Morgan fingerprint density at radius 2 is 1.48 bits per heavy atom. The zero-order valence-electron chi connectivity index (χ0n) is 15.4. The van der Waals surface area contributed by atoms with Gasteiger partial charge in [-0.25, -0.2) is 0 Å². The van der Waals surface area contributed by atoms with Crippen LogP contribution in [-0.4, -0.2) is 50.7 Å². The molecule has 8 heteroatoms. The maximum absolute atomic E-state index is 12.3. The first kappa shape index (κ1) is 18.7. The first-order valence-electron chi connectivity index (χ1n) is 8.14. The maximum Gasteiger partial charge on any atom is 0.259 e. The van der Waals surface area contributed by atoms with E-state index in [2.05, 4.69) is 0 Å². The zero-order chi connectivity index (χ0) is 19.7. The molecule has 3 rings (SSSR count). The van der Waals surface area contributed by atoms with Crippen LogP contribution in [0.2, 0.25) is 0 Å². The van der Waals surface area contributed by atoms with Crippen LogP contribution >= 0.6 is 0 Å². The third kappa shape index (κ3) is 2.97. The van der Waals surface area contributed by atoms with E-state index in [1.807, 2.05) is 0 Å². The Hall–Kier alpha value is -3.13. The second-order valence-electron chi connectivity index (χ2n) is 5.91. The molecule has 2 N–H and O–H groups in total. The van der Waals surface area contributed by atoms with Gasteiger partial charge in [-0.15, -0.1) is 0 Å². The van der Waals surface area contributed by atoms with E-state index in [1.54, 1.807) is 24.3 Å². The van der Waals surface area contributed by atoms with Crippen LogP contribution < -0.4 is 23.8 Å². The molecule has 1 saturated heterocycles. The van der Waals surface area contributed by atoms with Crippen molar-refractivity contribution in [3.63, 3.8) is 0 Å². The highest BCUT2D eigenvalue weighted by Crippen LogP contribution is 2.46. The third-order valence-corrected chi connectivity index (χ3v) is 4.54. The molecule has 0 bridgehead atoms. The van der Waals surface area contributed by atoms with Gasteiger partial charge >= 0.3 is 0 Å². The number of ether oxygens (including phenoxy) is 4. The van der Waals surface area contributed by atoms with Gasteiger partial charge in [0.2, 0.25) is 5.75 Å². The Morgan fingerprint density at radius 3 is 1.96 bits per heavy atom. The van der Waals surface area contributed by atoms with Gasteiger partial charge in [-0.3, -0.25) is 9.69 Å². The first-order chi connectivity index (χ1) is 13.0. The van der Waals surface area contributed by atoms with Gasteiger partial charge in [0, 0.05) is 11.8 Å². The fourth-order valence-electron chi connectivity index (χ4n) is 3.19. The minimum Gasteiger partial charge on any atom is -0.504 e. The Morgan fingerprint density at radius 1 is 0.889 bits per heavy atom. The number of phenolic OH excluding ortho intramolecular Hbond substituents is 1. The molecule has 1 fully saturated rings. The fourth-order valence-corrected chi connectivity index (χ4v) is 3.19. The lowest BCUT2D eigenvalue weighted by Gasteiger charge is -2.44. The number of hydrogen-bond donors (Lipinski definition) is 2. The van der Waals surface area contributed by atoms with Crippen molar-refractivity contribution in [2.75, 3.05) is 33.3 Å². The van der Waals surface area contributed by atoms with Gasteiger partial charge in [0.25, 0.3) is 5.91 Å². The molecule has 0 spiro atoms. The standard InChI is InChI=1S/C19H21NO7/c1-24-13-6-5-11(9-12(13)21)20-16(17(22)19(20)23)10-7-14(25-2)18(27-4)15(8-10)26-3/h5-9,16-17,21-22H,1-4H3/t16-,17-/m0/s1. The molecule has 0 unspecified atom stereocenters. The molecule has 2 aromatic rings. The van der Waals surface area contributed by atoms with E-state index in [4.69, 9.17) is 18.9 Å². The average molecular weight is 375 g/mol. The van der Waals surface area contributed by atoms with Crippen molar-refractivity contribution in [3.8, 4) is 28.7 Å². The normalized spacial score (nSPS) is 18.7. The van der Waals surface area contributed by atoms with E-state index in [-0.39, 0.29) is 11.5 Å². The molecule has 27 heavy (non-hydrogen) atoms. The van der Waals surface area contributed by atoms with Crippen LogP contribution in [0.3, 0.4) is 0 Å². The molecule has 0 aromatic heterocycles. The topological polar surface area (TPSA) is 97.7 Å². The van der Waals surface area contributed by atoms with E-state index < -0.39 is 18.1 Å². The van der Waals surface area contributed by atoms with Crippen LogP contribution in [0.4, 0.5) is 5.69 Å². The zero-order valence-corrected chi connectivity index (χ0v) is 15.4. The second kappa shape index (κ2) is 7.24. The SMILES string of the molecule is COc1ccc(N2C(=O)[C@@H](O)[C@@H]2c2cc(OC)c(OC)c(OC)c2)cc1O. The monoisotopic (exact) mass is 375 g/mol. The van der Waals surface area contributed by atoms with Gasteiger partial charge in [0.05, 0.1) is 34.5 Å². The molecule has 2 atom stereocenters. The van der Waals surface area contributed by atoms with Gasteiger partial charge in [0.15, 0.2) is 29.1 Å². The van der Waals surface area contributed by atoms with Crippen molar-refractivity contribution in [2.45, 2.75) is 12.1 Å². The summed E-state index contributed by atoms with van der Waals surface area (Å²) in [4.78, 5) is 13.7. The maximum atomic E-state index is 12.3. The highest BCUT2D eigenvalue weighted by atomic mass is 16.5. The number of hydrogen-bond acceptors (Lipinski definition) is 7. The van der Waals surface area contributed by atoms with Crippen LogP contribution in [0.25, 0.3) is 0 Å². The molecule has 1 aliphatic rings. The smallest absolute Gasteiger partial charge is 0.259 e. The lowest BCUT2D eigenvalue weighted by Crippen LogP contribution is -2.59. The van der Waals surface area contributed by atoms with Gasteiger partial charge in [-0.2, -0.15) is 0 Å². The molecule has 2 aromatic carbocycles. The highest BCUT2D eigenvalue weighted by molar-refractivity contribution is 6.05. The predicted molar refractivity (Wildman–Crippen MR) is 97.0 cm³/mol. The molecule has 0 aliphatic carbocycles. The van der Waals surface area contributed by atoms with Crippen LogP contribution in [-0.2, 0) is 4.79 Å². The number of anilines is 1. The largest absolute Gasteiger partial charge is 0.504 e. The van der Waals surface area contributed by atoms with Crippen LogP contribution in [0, 0.1) is 0 Å². The summed E-state index contributed by atoms with van der Waals surface area (Å²) in [7, 11) is 5.91. The summed E-state index contributed by atoms with van der Waals surface area (Å²) >= 11 is 0. The number of carbonyl (C=O) groups excluding carboxylic acids is 1. The van der Waals surface area contributed by atoms with Crippen molar-refractivity contribution in [3.05, 3.63) is 35.9 Å². The Labute approximate surface area is 156 Å². The van der Waals surface area contributed by atoms with Crippen molar-refractivity contribution in [1.29, 1.82) is 0 Å². The van der Waals surface area contributed by atoms with Crippen LogP contribution in [0.1, 0.15) is 11.6 Å². The van der Waals surface area contributed by atoms with Crippen molar-refractivity contribution < 1.29 is 34.0 Å². The van der Waals surface area contributed by atoms with E-state index >= 15 is 0 Å².